The molecule has 0 spiro atoms. The number of halogens is 18. The van der Waals surface area contributed by atoms with E-state index in [1.54, 1.807) is 0 Å². The largest absolute Gasteiger partial charge is 0.387 e. The van der Waals surface area contributed by atoms with Gasteiger partial charge >= 0.3 is 45.4 Å². The lowest BCUT2D eigenvalue weighted by molar-refractivity contribution is -0.447. The molecule has 0 N–H and O–H groups in total. The van der Waals surface area contributed by atoms with Gasteiger partial charge in [0.2, 0.25) is 0 Å². The lowest BCUT2D eigenvalue weighted by Crippen LogP contribution is -2.74. The fourth-order valence-electron chi connectivity index (χ4n) is 2.02. The average Bonchev–Trinajstić information content (AvgIpc) is 2.52. The predicted octanol–water partition coefficient (Wildman–Crippen LogP) is 8.46. The number of alkyl halides is 18. The minimum absolute atomic E-state index is 0.00823. The third-order valence-corrected chi connectivity index (χ3v) is 5.61. The molecule has 0 aromatic carbocycles. The van der Waals surface area contributed by atoms with Crippen molar-refractivity contribution < 1.29 is 70.2 Å². The van der Waals surface area contributed by atoms with Gasteiger partial charge in [0.1, 0.15) is 0 Å². The summed E-state index contributed by atoms with van der Waals surface area (Å²) in [5.74, 6) is -54.0. The molecule has 0 aliphatic carbocycles. The minimum atomic E-state index is -8.34. The van der Waals surface area contributed by atoms with Crippen LogP contribution in [-0.4, -0.2) is 49.3 Å². The number of rotatable bonds is 11. The fraction of sp³-hybridized carbons (Fsp3) is 1.00. The standard InChI is InChI=1S/C13H10F16I2/c1-2-3-5(30)4-6(14,15)7(16,17)8(18,19)9(20,21)10(22,23)11(24,25)12(26,27)13(28,29)31/h5H,2-4H2,1H3. The predicted molar refractivity (Wildman–Crippen MR) is 90.9 cm³/mol. The van der Waals surface area contributed by atoms with Crippen molar-refractivity contribution in [2.75, 3.05) is 0 Å². The van der Waals surface area contributed by atoms with Crippen LogP contribution in [0.5, 0.6) is 0 Å². The van der Waals surface area contributed by atoms with Crippen molar-refractivity contribution >= 4 is 45.2 Å². The summed E-state index contributed by atoms with van der Waals surface area (Å²) < 4.78 is 205. The van der Waals surface area contributed by atoms with E-state index in [2.05, 4.69) is 0 Å². The smallest absolute Gasteiger partial charge is 0.200 e. The van der Waals surface area contributed by atoms with Gasteiger partial charge in [-0.2, -0.15) is 70.2 Å². The Balaban J connectivity index is 6.56. The normalized spacial score (nSPS) is 17.1. The first-order valence-corrected chi connectivity index (χ1v) is 9.88. The molecule has 0 aromatic heterocycles. The number of hydrogen-bond donors (Lipinski definition) is 0. The van der Waals surface area contributed by atoms with Gasteiger partial charge in [0.05, 0.1) is 0 Å². The molecular weight excluding hydrogens is 714 g/mol. The molecule has 0 saturated carbocycles. The number of hydrogen-bond acceptors (Lipinski definition) is 0. The van der Waals surface area contributed by atoms with Gasteiger partial charge in [-0.3, -0.25) is 0 Å². The van der Waals surface area contributed by atoms with E-state index in [0.29, 0.717) is 0 Å². The van der Waals surface area contributed by atoms with Gasteiger partial charge in [0, 0.05) is 32.9 Å². The second kappa shape index (κ2) is 8.84. The van der Waals surface area contributed by atoms with Crippen LogP contribution in [0.2, 0.25) is 0 Å². The molecule has 0 nitrogen and oxygen atoms in total. The first-order valence-electron chi connectivity index (χ1n) is 7.56. The molecule has 0 bridgehead atoms. The van der Waals surface area contributed by atoms with Crippen LogP contribution in [0.3, 0.4) is 0 Å². The summed E-state index contributed by atoms with van der Waals surface area (Å²) in [5.41, 5.74) is 0. The van der Waals surface area contributed by atoms with E-state index in [-0.39, 0.29) is 12.8 Å². The molecule has 1 atom stereocenters. The van der Waals surface area contributed by atoms with Crippen LogP contribution < -0.4 is 0 Å². The molecule has 0 rings (SSSR count). The maximum atomic E-state index is 13.6. The Hall–Kier alpha value is 0.340. The van der Waals surface area contributed by atoms with Crippen molar-refractivity contribution in [3.8, 4) is 0 Å². The zero-order valence-corrected chi connectivity index (χ0v) is 18.8. The first-order chi connectivity index (χ1) is 13.2. The maximum absolute atomic E-state index is 13.6. The van der Waals surface area contributed by atoms with Crippen molar-refractivity contribution in [3.05, 3.63) is 0 Å². The fourth-order valence-corrected chi connectivity index (χ4v) is 3.53. The molecule has 31 heavy (non-hydrogen) atoms. The van der Waals surface area contributed by atoms with Gasteiger partial charge in [-0.05, 0) is 6.42 Å². The van der Waals surface area contributed by atoms with Crippen molar-refractivity contribution in [2.24, 2.45) is 0 Å². The Morgan fingerprint density at radius 2 is 0.839 bits per heavy atom. The zero-order chi connectivity index (χ0) is 25.7. The van der Waals surface area contributed by atoms with Gasteiger partial charge < -0.3 is 0 Å². The summed E-state index contributed by atoms with van der Waals surface area (Å²) in [6.07, 6.45) is -2.70. The summed E-state index contributed by atoms with van der Waals surface area (Å²) >= 11 is 0.0925. The van der Waals surface area contributed by atoms with Crippen LogP contribution in [0.4, 0.5) is 70.2 Å². The highest BCUT2D eigenvalue weighted by Gasteiger charge is 2.94. The highest BCUT2D eigenvalue weighted by molar-refractivity contribution is 14.1. The second-order valence-corrected chi connectivity index (χ2v) is 9.36. The molecule has 0 heterocycles. The lowest BCUT2D eigenvalue weighted by atomic mass is 9.88. The highest BCUT2D eigenvalue weighted by Crippen LogP contribution is 2.64. The molecule has 0 saturated heterocycles. The monoisotopic (exact) mass is 724 g/mol. The molecule has 0 amide bonds. The van der Waals surface area contributed by atoms with Crippen molar-refractivity contribution in [1.82, 2.24) is 0 Å². The SMILES string of the molecule is CCCC(I)CC(F)(F)C(F)(F)C(F)(F)C(F)(F)C(F)(F)C(F)(F)C(F)(F)C(F)(F)I. The molecule has 18 heteroatoms. The van der Waals surface area contributed by atoms with E-state index in [0.717, 1.165) is 22.6 Å². The van der Waals surface area contributed by atoms with E-state index in [9.17, 15) is 70.2 Å². The van der Waals surface area contributed by atoms with Gasteiger partial charge in [0.15, 0.2) is 0 Å². The summed E-state index contributed by atoms with van der Waals surface area (Å²) in [5, 5.41) is 0. The topological polar surface area (TPSA) is 0 Å². The van der Waals surface area contributed by atoms with Gasteiger partial charge in [-0.15, -0.1) is 0 Å². The first kappa shape index (κ1) is 31.3. The molecule has 0 aromatic rings. The summed E-state index contributed by atoms with van der Waals surface area (Å²) in [4.78, 5) is 0. The van der Waals surface area contributed by atoms with Crippen molar-refractivity contribution in [1.29, 1.82) is 0 Å². The van der Waals surface area contributed by atoms with Crippen LogP contribution in [0, 0.1) is 0 Å². The van der Waals surface area contributed by atoms with Gasteiger partial charge in [0.25, 0.3) is 0 Å². The zero-order valence-electron chi connectivity index (χ0n) is 14.5. The van der Waals surface area contributed by atoms with Crippen molar-refractivity contribution in [2.45, 2.75) is 75.5 Å². The average molecular weight is 724 g/mol. The summed E-state index contributed by atoms with van der Waals surface area (Å²) in [6.45, 7) is 1.30. The summed E-state index contributed by atoms with van der Waals surface area (Å²) in [7, 11) is 0. The van der Waals surface area contributed by atoms with Gasteiger partial charge in [-0.1, -0.05) is 35.9 Å². The molecular formula is C13H10F16I2. The van der Waals surface area contributed by atoms with Crippen molar-refractivity contribution in [3.63, 3.8) is 0 Å². The Kier molecular flexibility index (Phi) is 8.94. The van der Waals surface area contributed by atoms with E-state index in [1.165, 1.54) is 6.92 Å². The maximum Gasteiger partial charge on any atom is 0.387 e. The highest BCUT2D eigenvalue weighted by atomic mass is 127. The third-order valence-electron chi connectivity index (χ3n) is 3.87. The minimum Gasteiger partial charge on any atom is -0.200 e. The quantitative estimate of drug-likeness (QED) is 0.114. The van der Waals surface area contributed by atoms with E-state index < -0.39 is 78.3 Å². The molecule has 0 aliphatic heterocycles. The van der Waals surface area contributed by atoms with Crippen LogP contribution >= 0.6 is 45.2 Å². The van der Waals surface area contributed by atoms with E-state index in [1.807, 2.05) is 0 Å². The van der Waals surface area contributed by atoms with Crippen LogP contribution in [0.25, 0.3) is 0 Å². The summed E-state index contributed by atoms with van der Waals surface area (Å²) in [6, 6.07) is 0. The molecule has 0 fully saturated rings. The van der Waals surface area contributed by atoms with Crippen LogP contribution in [0.15, 0.2) is 0 Å². The molecule has 0 aliphatic rings. The van der Waals surface area contributed by atoms with Crippen LogP contribution in [-0.2, 0) is 0 Å². The molecule has 188 valence electrons. The molecule has 0 radical (unpaired) electrons. The van der Waals surface area contributed by atoms with Crippen LogP contribution in [0.1, 0.15) is 26.2 Å². The molecule has 1 unspecified atom stereocenters. The van der Waals surface area contributed by atoms with E-state index in [4.69, 9.17) is 0 Å². The Labute approximate surface area is 190 Å². The third kappa shape index (κ3) is 4.79. The van der Waals surface area contributed by atoms with E-state index >= 15 is 0 Å². The Bertz CT molecular complexity index is 623. The van der Waals surface area contributed by atoms with Gasteiger partial charge in [-0.25, -0.2) is 0 Å². The Morgan fingerprint density at radius 1 is 0.548 bits per heavy atom. The Morgan fingerprint density at radius 3 is 1.13 bits per heavy atom. The second-order valence-electron chi connectivity index (χ2n) is 6.24. The lowest BCUT2D eigenvalue weighted by Gasteiger charge is -2.43.